The van der Waals surface area contributed by atoms with E-state index in [-0.39, 0.29) is 0 Å². The predicted molar refractivity (Wildman–Crippen MR) is 75.2 cm³/mol. The number of aromatic nitrogens is 4. The van der Waals surface area contributed by atoms with Gasteiger partial charge in [-0.05, 0) is 19.8 Å². The van der Waals surface area contributed by atoms with Crippen LogP contribution >= 0.6 is 11.6 Å². The number of fused-ring (bicyclic) bond motifs is 1. The standard InChI is InChI=1S/C13H21ClN4/c1-8(2)10(4)18-11(6-7-14)15-12-9(3)16-17(5)13(12)18/h8,10H,6-7H2,1-5H3. The lowest BCUT2D eigenvalue weighted by atomic mass is 10.1. The molecule has 0 saturated carbocycles. The topological polar surface area (TPSA) is 35.6 Å². The highest BCUT2D eigenvalue weighted by Gasteiger charge is 2.22. The Morgan fingerprint density at radius 3 is 2.50 bits per heavy atom. The Morgan fingerprint density at radius 2 is 1.94 bits per heavy atom. The molecule has 2 rings (SSSR count). The highest BCUT2D eigenvalue weighted by molar-refractivity contribution is 6.17. The molecule has 0 amide bonds. The largest absolute Gasteiger partial charge is 0.310 e. The average molecular weight is 269 g/mol. The second-order valence-electron chi connectivity index (χ2n) is 5.20. The monoisotopic (exact) mass is 268 g/mol. The summed E-state index contributed by atoms with van der Waals surface area (Å²) in [5, 5.41) is 4.45. The van der Waals surface area contributed by atoms with Crippen molar-refractivity contribution in [2.45, 2.75) is 40.2 Å². The van der Waals surface area contributed by atoms with Gasteiger partial charge in [0.2, 0.25) is 0 Å². The van der Waals surface area contributed by atoms with Crippen molar-refractivity contribution in [3.8, 4) is 0 Å². The van der Waals surface area contributed by atoms with Crippen molar-refractivity contribution >= 4 is 22.8 Å². The molecule has 0 saturated heterocycles. The van der Waals surface area contributed by atoms with E-state index in [0.29, 0.717) is 17.8 Å². The summed E-state index contributed by atoms with van der Waals surface area (Å²) in [5.41, 5.74) is 3.09. The summed E-state index contributed by atoms with van der Waals surface area (Å²) >= 11 is 5.89. The first-order chi connectivity index (χ1) is 8.47. The van der Waals surface area contributed by atoms with Crippen molar-refractivity contribution in [3.63, 3.8) is 0 Å². The van der Waals surface area contributed by atoms with E-state index in [1.54, 1.807) is 0 Å². The fourth-order valence-electron chi connectivity index (χ4n) is 2.33. The number of halogens is 1. The Morgan fingerprint density at radius 1 is 1.28 bits per heavy atom. The third kappa shape index (κ3) is 2.03. The molecule has 0 aromatic carbocycles. The normalized spacial score (nSPS) is 13.7. The molecule has 18 heavy (non-hydrogen) atoms. The number of nitrogens with zero attached hydrogens (tertiary/aromatic N) is 4. The van der Waals surface area contributed by atoms with Crippen molar-refractivity contribution in [3.05, 3.63) is 11.5 Å². The SMILES string of the molecule is Cc1nn(C)c2c1nc(CCCl)n2C(C)C(C)C. The molecule has 0 aliphatic rings. The van der Waals surface area contributed by atoms with Crippen LogP contribution in [-0.2, 0) is 13.5 Å². The zero-order valence-electron chi connectivity index (χ0n) is 11.7. The number of aryl methyl sites for hydroxylation is 3. The Labute approximate surface area is 113 Å². The first-order valence-electron chi connectivity index (χ1n) is 6.43. The van der Waals surface area contributed by atoms with Crippen LogP contribution in [0.2, 0.25) is 0 Å². The van der Waals surface area contributed by atoms with E-state index in [1.165, 1.54) is 0 Å². The van der Waals surface area contributed by atoms with Crippen LogP contribution in [0, 0.1) is 12.8 Å². The molecular formula is C13H21ClN4. The summed E-state index contributed by atoms with van der Waals surface area (Å²) in [5.74, 6) is 2.21. The molecule has 0 fully saturated rings. The molecule has 4 nitrogen and oxygen atoms in total. The van der Waals surface area contributed by atoms with Crippen molar-refractivity contribution < 1.29 is 0 Å². The van der Waals surface area contributed by atoms with Gasteiger partial charge in [0.25, 0.3) is 0 Å². The number of alkyl halides is 1. The van der Waals surface area contributed by atoms with Crippen LogP contribution in [0.1, 0.15) is 38.3 Å². The van der Waals surface area contributed by atoms with Gasteiger partial charge in [0.1, 0.15) is 11.3 Å². The number of rotatable bonds is 4. The number of hydrogen-bond acceptors (Lipinski definition) is 2. The second kappa shape index (κ2) is 4.92. The first kappa shape index (κ1) is 13.4. The highest BCUT2D eigenvalue weighted by atomic mass is 35.5. The van der Waals surface area contributed by atoms with E-state index in [9.17, 15) is 0 Å². The van der Waals surface area contributed by atoms with E-state index in [4.69, 9.17) is 16.6 Å². The fourth-order valence-corrected chi connectivity index (χ4v) is 2.50. The van der Waals surface area contributed by atoms with Crippen molar-refractivity contribution in [1.29, 1.82) is 0 Å². The molecule has 0 N–H and O–H groups in total. The van der Waals surface area contributed by atoms with Gasteiger partial charge in [-0.25, -0.2) is 4.98 Å². The van der Waals surface area contributed by atoms with Gasteiger partial charge in [-0.2, -0.15) is 5.10 Å². The molecule has 0 spiro atoms. The summed E-state index contributed by atoms with van der Waals surface area (Å²) in [6, 6.07) is 0.392. The van der Waals surface area contributed by atoms with Gasteiger partial charge in [0.05, 0.1) is 5.69 Å². The molecule has 0 aliphatic heterocycles. The van der Waals surface area contributed by atoms with Crippen LogP contribution in [0.5, 0.6) is 0 Å². The van der Waals surface area contributed by atoms with Crippen molar-refractivity contribution in [2.24, 2.45) is 13.0 Å². The zero-order valence-corrected chi connectivity index (χ0v) is 12.5. The van der Waals surface area contributed by atoms with E-state index in [0.717, 1.165) is 29.1 Å². The van der Waals surface area contributed by atoms with Gasteiger partial charge < -0.3 is 4.57 Å². The predicted octanol–water partition coefficient (Wildman–Crippen LogP) is 3.08. The minimum absolute atomic E-state index is 0.392. The molecule has 1 atom stereocenters. The summed E-state index contributed by atoms with van der Waals surface area (Å²) in [4.78, 5) is 4.72. The Bertz CT molecular complexity index is 553. The molecule has 100 valence electrons. The summed E-state index contributed by atoms with van der Waals surface area (Å²) in [6.07, 6.45) is 0.798. The van der Waals surface area contributed by atoms with Gasteiger partial charge in [-0.3, -0.25) is 4.68 Å². The van der Waals surface area contributed by atoms with Crippen LogP contribution in [0.15, 0.2) is 0 Å². The third-order valence-corrected chi connectivity index (χ3v) is 3.79. The lowest BCUT2D eigenvalue weighted by Crippen LogP contribution is -2.16. The smallest absolute Gasteiger partial charge is 0.158 e. The van der Waals surface area contributed by atoms with Crippen LogP contribution in [0.4, 0.5) is 0 Å². The molecule has 2 aromatic heterocycles. The van der Waals surface area contributed by atoms with E-state index < -0.39 is 0 Å². The van der Waals surface area contributed by atoms with Crippen LogP contribution in [0.3, 0.4) is 0 Å². The lowest BCUT2D eigenvalue weighted by Gasteiger charge is -2.20. The summed E-state index contributed by atoms with van der Waals surface area (Å²) in [6.45, 7) is 8.68. The zero-order chi connectivity index (χ0) is 13.4. The summed E-state index contributed by atoms with van der Waals surface area (Å²) in [7, 11) is 1.98. The van der Waals surface area contributed by atoms with Gasteiger partial charge in [-0.1, -0.05) is 13.8 Å². The number of imidazole rings is 1. The van der Waals surface area contributed by atoms with Crippen LogP contribution < -0.4 is 0 Å². The third-order valence-electron chi connectivity index (χ3n) is 3.60. The van der Waals surface area contributed by atoms with E-state index in [2.05, 4.69) is 30.4 Å². The Balaban J connectivity index is 2.68. The molecule has 0 bridgehead atoms. The maximum Gasteiger partial charge on any atom is 0.158 e. The van der Waals surface area contributed by atoms with Crippen LogP contribution in [0.25, 0.3) is 11.2 Å². The molecule has 0 radical (unpaired) electrons. The molecular weight excluding hydrogens is 248 g/mol. The minimum atomic E-state index is 0.392. The molecule has 5 heteroatoms. The van der Waals surface area contributed by atoms with Gasteiger partial charge >= 0.3 is 0 Å². The maximum atomic E-state index is 5.89. The molecule has 2 aromatic rings. The summed E-state index contributed by atoms with van der Waals surface area (Å²) < 4.78 is 4.22. The average Bonchev–Trinajstić information content (AvgIpc) is 2.78. The van der Waals surface area contributed by atoms with Gasteiger partial charge in [0, 0.05) is 25.4 Å². The lowest BCUT2D eigenvalue weighted by molar-refractivity contribution is 0.401. The second-order valence-corrected chi connectivity index (χ2v) is 5.58. The van der Waals surface area contributed by atoms with E-state index >= 15 is 0 Å². The molecule has 0 aliphatic carbocycles. The van der Waals surface area contributed by atoms with Crippen LogP contribution in [-0.4, -0.2) is 25.2 Å². The Kier molecular flexibility index (Phi) is 3.66. The first-order valence-corrected chi connectivity index (χ1v) is 6.97. The van der Waals surface area contributed by atoms with E-state index in [1.807, 2.05) is 18.7 Å². The fraction of sp³-hybridized carbons (Fsp3) is 0.692. The number of hydrogen-bond donors (Lipinski definition) is 0. The minimum Gasteiger partial charge on any atom is -0.310 e. The Hall–Kier alpha value is -1.03. The van der Waals surface area contributed by atoms with Crippen molar-refractivity contribution in [1.82, 2.24) is 19.3 Å². The van der Waals surface area contributed by atoms with Crippen molar-refractivity contribution in [2.75, 3.05) is 5.88 Å². The quantitative estimate of drug-likeness (QED) is 0.799. The van der Waals surface area contributed by atoms with Gasteiger partial charge in [0.15, 0.2) is 5.65 Å². The molecule has 1 unspecified atom stereocenters. The molecule has 2 heterocycles. The highest BCUT2D eigenvalue weighted by Crippen LogP contribution is 2.27. The van der Waals surface area contributed by atoms with Gasteiger partial charge in [-0.15, -0.1) is 11.6 Å². The maximum absolute atomic E-state index is 5.89.